The van der Waals surface area contributed by atoms with Crippen molar-refractivity contribution in [3.8, 4) is 22.6 Å². The fourth-order valence-corrected chi connectivity index (χ4v) is 2.95. The molecule has 2 N–H and O–H groups in total. The van der Waals surface area contributed by atoms with Crippen LogP contribution in [0, 0.1) is 0 Å². The highest BCUT2D eigenvalue weighted by atomic mass is 35.5. The molecule has 0 atom stereocenters. The molecule has 0 unspecified atom stereocenters. The number of aromatic nitrogens is 1. The zero-order valence-electron chi connectivity index (χ0n) is 13.7. The molecule has 0 radical (unpaired) electrons. The van der Waals surface area contributed by atoms with Crippen LogP contribution in [0.4, 0.5) is 18.9 Å². The highest BCUT2D eigenvalue weighted by Gasteiger charge is 2.31. The second kappa shape index (κ2) is 6.32. The molecule has 1 heterocycles. The molecule has 7 heteroatoms. The van der Waals surface area contributed by atoms with Crippen LogP contribution in [0.3, 0.4) is 0 Å². The van der Waals surface area contributed by atoms with E-state index in [1.54, 1.807) is 18.2 Å². The lowest BCUT2D eigenvalue weighted by Crippen LogP contribution is -2.03. The molecule has 0 saturated heterocycles. The molecular formula is C20H12ClF3N2O. The fraction of sp³-hybridized carbons (Fsp3) is 0.0500. The number of oxazole rings is 1. The average Bonchev–Trinajstić information content (AvgIpc) is 3.07. The lowest BCUT2D eigenvalue weighted by atomic mass is 10.0. The Morgan fingerprint density at radius 3 is 2.37 bits per heavy atom. The van der Waals surface area contributed by atoms with Gasteiger partial charge < -0.3 is 10.2 Å². The number of hydrogen-bond acceptors (Lipinski definition) is 3. The van der Waals surface area contributed by atoms with Crippen LogP contribution in [0.2, 0.25) is 5.02 Å². The van der Waals surface area contributed by atoms with Gasteiger partial charge in [-0.1, -0.05) is 29.8 Å². The summed E-state index contributed by atoms with van der Waals surface area (Å²) in [6.45, 7) is 0. The van der Waals surface area contributed by atoms with Crippen molar-refractivity contribution in [1.82, 2.24) is 4.98 Å². The van der Waals surface area contributed by atoms with Crippen LogP contribution in [0.5, 0.6) is 0 Å². The standard InChI is InChI=1S/C20H12ClF3N2O/c21-15-9-12(4-6-16(15)25)11-2-1-3-13(8-11)19-26-17-10-14(20(22,23)24)5-7-18(17)27-19/h1-10H,25H2. The second-order valence-corrected chi connectivity index (χ2v) is 6.42. The third-order valence-corrected chi connectivity index (χ3v) is 4.49. The first kappa shape index (κ1) is 17.4. The maximum absolute atomic E-state index is 12.9. The van der Waals surface area contributed by atoms with Crippen LogP contribution in [-0.4, -0.2) is 4.98 Å². The number of benzene rings is 3. The fourth-order valence-electron chi connectivity index (χ4n) is 2.77. The molecule has 0 amide bonds. The van der Waals surface area contributed by atoms with Gasteiger partial charge in [0.15, 0.2) is 5.58 Å². The molecule has 4 aromatic rings. The first-order valence-corrected chi connectivity index (χ1v) is 8.33. The number of nitrogen functional groups attached to an aromatic ring is 1. The van der Waals surface area contributed by atoms with Gasteiger partial charge in [-0.25, -0.2) is 4.98 Å². The Morgan fingerprint density at radius 1 is 0.889 bits per heavy atom. The predicted molar refractivity (Wildman–Crippen MR) is 99.3 cm³/mol. The summed E-state index contributed by atoms with van der Waals surface area (Å²) in [7, 11) is 0. The van der Waals surface area contributed by atoms with E-state index in [9.17, 15) is 13.2 Å². The summed E-state index contributed by atoms with van der Waals surface area (Å²) in [4.78, 5) is 4.21. The Balaban J connectivity index is 1.76. The molecule has 0 spiro atoms. The van der Waals surface area contributed by atoms with Gasteiger partial charge in [-0.2, -0.15) is 13.2 Å². The number of nitrogens with zero attached hydrogens (tertiary/aromatic N) is 1. The molecule has 1 aromatic heterocycles. The average molecular weight is 389 g/mol. The lowest BCUT2D eigenvalue weighted by Gasteiger charge is -2.05. The Bertz CT molecular complexity index is 1150. The van der Waals surface area contributed by atoms with Gasteiger partial charge in [0.1, 0.15) is 5.52 Å². The molecule has 27 heavy (non-hydrogen) atoms. The van der Waals surface area contributed by atoms with Crippen molar-refractivity contribution >= 4 is 28.4 Å². The summed E-state index contributed by atoms with van der Waals surface area (Å²) in [6.07, 6.45) is -4.43. The molecule has 0 bridgehead atoms. The third kappa shape index (κ3) is 3.36. The van der Waals surface area contributed by atoms with Gasteiger partial charge in [0.25, 0.3) is 0 Å². The second-order valence-electron chi connectivity index (χ2n) is 6.02. The summed E-state index contributed by atoms with van der Waals surface area (Å²) < 4.78 is 44.2. The first-order chi connectivity index (χ1) is 12.8. The van der Waals surface area contributed by atoms with Gasteiger partial charge in [0.05, 0.1) is 16.3 Å². The van der Waals surface area contributed by atoms with Gasteiger partial charge in [0, 0.05) is 5.56 Å². The minimum absolute atomic E-state index is 0.153. The third-order valence-electron chi connectivity index (χ3n) is 4.16. The molecule has 0 aliphatic rings. The molecular weight excluding hydrogens is 377 g/mol. The van der Waals surface area contributed by atoms with Crippen molar-refractivity contribution in [1.29, 1.82) is 0 Å². The molecule has 0 aliphatic carbocycles. The summed E-state index contributed by atoms with van der Waals surface area (Å²) in [6, 6.07) is 15.8. The molecule has 3 aromatic carbocycles. The SMILES string of the molecule is Nc1ccc(-c2cccc(-c3nc4cc(C(F)(F)F)ccc4o3)c2)cc1Cl. The maximum Gasteiger partial charge on any atom is 0.416 e. The van der Waals surface area contributed by atoms with E-state index in [-0.39, 0.29) is 11.4 Å². The number of hydrogen-bond donors (Lipinski definition) is 1. The van der Waals surface area contributed by atoms with E-state index < -0.39 is 11.7 Å². The number of halogens is 4. The molecule has 136 valence electrons. The Labute approximate surface area is 157 Å². The van der Waals surface area contributed by atoms with Crippen LogP contribution in [-0.2, 0) is 6.18 Å². The molecule has 4 rings (SSSR count). The van der Waals surface area contributed by atoms with Crippen molar-refractivity contribution < 1.29 is 17.6 Å². The first-order valence-electron chi connectivity index (χ1n) is 7.95. The molecule has 0 fully saturated rings. The zero-order valence-corrected chi connectivity index (χ0v) is 14.5. The Kier molecular flexibility index (Phi) is 4.08. The normalized spacial score (nSPS) is 11.9. The van der Waals surface area contributed by atoms with Gasteiger partial charge in [-0.15, -0.1) is 0 Å². The van der Waals surface area contributed by atoms with E-state index in [1.165, 1.54) is 6.07 Å². The van der Waals surface area contributed by atoms with E-state index in [0.29, 0.717) is 21.9 Å². The summed E-state index contributed by atoms with van der Waals surface area (Å²) in [5.41, 5.74) is 8.25. The highest BCUT2D eigenvalue weighted by Crippen LogP contribution is 2.34. The van der Waals surface area contributed by atoms with Gasteiger partial charge in [-0.3, -0.25) is 0 Å². The van der Waals surface area contributed by atoms with Crippen LogP contribution in [0.25, 0.3) is 33.7 Å². The van der Waals surface area contributed by atoms with E-state index >= 15 is 0 Å². The van der Waals surface area contributed by atoms with Crippen LogP contribution < -0.4 is 5.73 Å². The molecule has 0 aliphatic heterocycles. The minimum atomic E-state index is -4.43. The van der Waals surface area contributed by atoms with E-state index in [4.69, 9.17) is 21.8 Å². The van der Waals surface area contributed by atoms with Crippen LogP contribution >= 0.6 is 11.6 Å². The van der Waals surface area contributed by atoms with Gasteiger partial charge in [-0.05, 0) is 53.6 Å². The van der Waals surface area contributed by atoms with Crippen molar-refractivity contribution in [2.24, 2.45) is 0 Å². The smallest absolute Gasteiger partial charge is 0.416 e. The maximum atomic E-state index is 12.9. The van der Waals surface area contributed by atoms with E-state index in [1.807, 2.05) is 24.3 Å². The minimum Gasteiger partial charge on any atom is -0.436 e. The Hall–Kier alpha value is -2.99. The van der Waals surface area contributed by atoms with Gasteiger partial charge >= 0.3 is 6.18 Å². The largest absolute Gasteiger partial charge is 0.436 e. The highest BCUT2D eigenvalue weighted by molar-refractivity contribution is 6.33. The van der Waals surface area contributed by atoms with Crippen LogP contribution in [0.15, 0.2) is 65.1 Å². The van der Waals surface area contributed by atoms with Crippen molar-refractivity contribution in [2.45, 2.75) is 6.18 Å². The number of anilines is 1. The monoisotopic (exact) mass is 388 g/mol. The number of alkyl halides is 3. The van der Waals surface area contributed by atoms with E-state index in [0.717, 1.165) is 23.3 Å². The predicted octanol–water partition coefficient (Wildman–Crippen LogP) is 6.42. The van der Waals surface area contributed by atoms with Crippen LogP contribution in [0.1, 0.15) is 5.56 Å². The van der Waals surface area contributed by atoms with E-state index in [2.05, 4.69) is 4.98 Å². The zero-order chi connectivity index (χ0) is 19.2. The number of fused-ring (bicyclic) bond motifs is 1. The number of nitrogens with two attached hydrogens (primary N) is 1. The van der Waals surface area contributed by atoms with Crippen molar-refractivity contribution in [3.63, 3.8) is 0 Å². The summed E-state index contributed by atoms with van der Waals surface area (Å²) in [5.74, 6) is 0.243. The topological polar surface area (TPSA) is 52.0 Å². The van der Waals surface area contributed by atoms with Crippen molar-refractivity contribution in [2.75, 3.05) is 5.73 Å². The lowest BCUT2D eigenvalue weighted by molar-refractivity contribution is -0.137. The van der Waals surface area contributed by atoms with Crippen molar-refractivity contribution in [3.05, 3.63) is 71.2 Å². The Morgan fingerprint density at radius 2 is 1.63 bits per heavy atom. The quantitative estimate of drug-likeness (QED) is 0.403. The molecule has 0 saturated carbocycles. The summed E-state index contributed by atoms with van der Waals surface area (Å²) >= 11 is 6.08. The number of rotatable bonds is 2. The molecule has 3 nitrogen and oxygen atoms in total. The summed E-state index contributed by atoms with van der Waals surface area (Å²) in [5, 5.41) is 0.444. The van der Waals surface area contributed by atoms with Gasteiger partial charge in [0.2, 0.25) is 5.89 Å².